The zero-order valence-corrected chi connectivity index (χ0v) is 24.1. The van der Waals surface area contributed by atoms with Crippen molar-refractivity contribution in [2.24, 2.45) is 5.92 Å². The number of anilines is 1. The molecule has 1 aromatic heterocycles. The first-order valence-electron chi connectivity index (χ1n) is 14.0. The highest BCUT2D eigenvalue weighted by molar-refractivity contribution is 5.84. The van der Waals surface area contributed by atoms with E-state index in [1.54, 1.807) is 12.1 Å². The van der Waals surface area contributed by atoms with Crippen LogP contribution in [0, 0.1) is 5.92 Å². The fourth-order valence-corrected chi connectivity index (χ4v) is 4.33. The Morgan fingerprint density at radius 3 is 2.37 bits per heavy atom. The number of alkyl halides is 3. The molecule has 0 bridgehead atoms. The topological polar surface area (TPSA) is 85.4 Å². The van der Waals surface area contributed by atoms with Gasteiger partial charge in [-0.3, -0.25) is 4.79 Å². The van der Waals surface area contributed by atoms with Crippen LogP contribution in [0.1, 0.15) is 52.7 Å². The molecule has 0 spiro atoms. The molecule has 1 heterocycles. The lowest BCUT2D eigenvalue weighted by atomic mass is 10.0. The van der Waals surface area contributed by atoms with Crippen LogP contribution in [0.2, 0.25) is 0 Å². The first kappa shape index (κ1) is 31.9. The minimum absolute atomic E-state index is 0.102. The lowest BCUT2D eigenvalue weighted by Gasteiger charge is -2.21. The molecule has 0 fully saturated rings. The number of rotatable bonds is 15. The molecule has 2 N–H and O–H groups in total. The van der Waals surface area contributed by atoms with Crippen molar-refractivity contribution in [3.8, 4) is 28.3 Å². The maximum atomic E-state index is 13.1. The van der Waals surface area contributed by atoms with Gasteiger partial charge in [-0.05, 0) is 61.4 Å². The average Bonchev–Trinajstić information content (AvgIpc) is 2.91. The van der Waals surface area contributed by atoms with E-state index in [0.29, 0.717) is 54.5 Å². The van der Waals surface area contributed by atoms with Crippen molar-refractivity contribution in [3.63, 3.8) is 0 Å². The van der Waals surface area contributed by atoms with E-state index in [9.17, 15) is 18.0 Å². The van der Waals surface area contributed by atoms with Crippen LogP contribution >= 0.6 is 0 Å². The van der Waals surface area contributed by atoms with Gasteiger partial charge in [0.1, 0.15) is 17.6 Å². The number of benzene rings is 2. The van der Waals surface area contributed by atoms with E-state index in [2.05, 4.69) is 36.1 Å². The number of amides is 1. The van der Waals surface area contributed by atoms with Gasteiger partial charge in [0.15, 0.2) is 5.82 Å². The highest BCUT2D eigenvalue weighted by atomic mass is 19.4. The van der Waals surface area contributed by atoms with Crippen molar-refractivity contribution in [1.82, 2.24) is 15.3 Å². The molecule has 0 aliphatic rings. The molecule has 41 heavy (non-hydrogen) atoms. The number of hydrogen-bond acceptors (Lipinski definition) is 6. The van der Waals surface area contributed by atoms with Crippen LogP contribution in [0.25, 0.3) is 22.5 Å². The number of carbonyl (C=O) groups excluding carboxylic acids is 1. The van der Waals surface area contributed by atoms with E-state index in [-0.39, 0.29) is 17.6 Å². The summed E-state index contributed by atoms with van der Waals surface area (Å²) in [5.41, 5.74) is 2.78. The number of nitrogens with one attached hydrogen (secondary N) is 2. The first-order chi connectivity index (χ1) is 19.6. The van der Waals surface area contributed by atoms with Gasteiger partial charge in [-0.1, -0.05) is 57.5 Å². The van der Waals surface area contributed by atoms with Gasteiger partial charge in [0.25, 0.3) is 0 Å². The van der Waals surface area contributed by atoms with Crippen molar-refractivity contribution in [2.75, 3.05) is 25.1 Å². The Bertz CT molecular complexity index is 1270. The third-order valence-electron chi connectivity index (χ3n) is 6.12. The molecule has 3 rings (SSSR count). The molecule has 3 aromatic rings. The number of carbonyl (C=O) groups is 1. The lowest BCUT2D eigenvalue weighted by Crippen LogP contribution is -2.41. The summed E-state index contributed by atoms with van der Waals surface area (Å²) in [5.74, 6) is 0.880. The second-order valence-corrected chi connectivity index (χ2v) is 10.1. The van der Waals surface area contributed by atoms with Crippen LogP contribution in [0.4, 0.5) is 19.0 Å². The third kappa shape index (κ3) is 10.7. The number of aryl methyl sites for hydroxylation is 1. The van der Waals surface area contributed by atoms with Crippen LogP contribution in [0.5, 0.6) is 5.75 Å². The summed E-state index contributed by atoms with van der Waals surface area (Å²) in [4.78, 5) is 22.5. The molecular formula is C31H39F3N4O3. The molecule has 222 valence electrons. The Hall–Kier alpha value is -3.66. The molecule has 0 saturated heterocycles. The molecule has 1 atom stereocenters. The van der Waals surface area contributed by atoms with Crippen molar-refractivity contribution in [1.29, 1.82) is 0 Å². The number of ether oxygens (including phenoxy) is 2. The molecule has 7 nitrogen and oxygen atoms in total. The summed E-state index contributed by atoms with van der Waals surface area (Å²) in [6.45, 7) is 9.87. The summed E-state index contributed by atoms with van der Waals surface area (Å²) >= 11 is 0. The van der Waals surface area contributed by atoms with Gasteiger partial charge < -0.3 is 20.1 Å². The van der Waals surface area contributed by atoms with Crippen LogP contribution < -0.4 is 15.4 Å². The quantitative estimate of drug-likeness (QED) is 0.190. The maximum absolute atomic E-state index is 13.1. The number of halogens is 3. The molecule has 1 unspecified atom stereocenters. The summed E-state index contributed by atoms with van der Waals surface area (Å²) in [5, 5.41) is 6.32. The molecule has 1 amide bonds. The van der Waals surface area contributed by atoms with Crippen LogP contribution in [-0.4, -0.2) is 48.0 Å². The van der Waals surface area contributed by atoms with Crippen molar-refractivity contribution < 1.29 is 27.4 Å². The third-order valence-corrected chi connectivity index (χ3v) is 6.12. The van der Waals surface area contributed by atoms with Gasteiger partial charge in [-0.15, -0.1) is 13.2 Å². The monoisotopic (exact) mass is 572 g/mol. The first-order valence-corrected chi connectivity index (χ1v) is 14.0. The zero-order chi connectivity index (χ0) is 29.8. The van der Waals surface area contributed by atoms with Crippen molar-refractivity contribution in [3.05, 3.63) is 60.3 Å². The zero-order valence-electron chi connectivity index (χ0n) is 24.1. The van der Waals surface area contributed by atoms with Crippen LogP contribution in [0.15, 0.2) is 54.6 Å². The molecule has 0 radical (unpaired) electrons. The molecule has 2 aromatic carbocycles. The van der Waals surface area contributed by atoms with Crippen LogP contribution in [0.3, 0.4) is 0 Å². The van der Waals surface area contributed by atoms with Gasteiger partial charge in [0.2, 0.25) is 5.91 Å². The van der Waals surface area contributed by atoms with E-state index >= 15 is 0 Å². The highest BCUT2D eigenvalue weighted by Gasteiger charge is 2.31. The normalized spacial score (nSPS) is 12.3. The van der Waals surface area contributed by atoms with Gasteiger partial charge in [-0.2, -0.15) is 0 Å². The summed E-state index contributed by atoms with van der Waals surface area (Å²) in [6.07, 6.45) is -1.83. The molecule has 0 saturated carbocycles. The second-order valence-electron chi connectivity index (χ2n) is 10.1. The van der Waals surface area contributed by atoms with E-state index in [1.165, 1.54) is 18.2 Å². The number of nitrogens with zero attached hydrogens (tertiary/aromatic N) is 2. The average molecular weight is 573 g/mol. The lowest BCUT2D eigenvalue weighted by molar-refractivity contribution is -0.274. The predicted molar refractivity (Wildman–Crippen MR) is 155 cm³/mol. The van der Waals surface area contributed by atoms with Crippen molar-refractivity contribution >= 4 is 11.7 Å². The predicted octanol–water partition coefficient (Wildman–Crippen LogP) is 7.03. The van der Waals surface area contributed by atoms with Crippen LogP contribution in [-0.2, 0) is 16.0 Å². The minimum Gasteiger partial charge on any atom is -0.406 e. The van der Waals surface area contributed by atoms with Crippen molar-refractivity contribution in [2.45, 2.75) is 65.8 Å². The Morgan fingerprint density at radius 1 is 0.976 bits per heavy atom. The highest BCUT2D eigenvalue weighted by Crippen LogP contribution is 2.30. The van der Waals surface area contributed by atoms with Gasteiger partial charge in [-0.25, -0.2) is 9.97 Å². The fourth-order valence-electron chi connectivity index (χ4n) is 4.33. The van der Waals surface area contributed by atoms with E-state index in [4.69, 9.17) is 14.7 Å². The summed E-state index contributed by atoms with van der Waals surface area (Å²) < 4.78 is 47.7. The molecule has 0 aliphatic carbocycles. The molecule has 10 heteroatoms. The number of aromatic nitrogens is 2. The Kier molecular flexibility index (Phi) is 11.9. The van der Waals surface area contributed by atoms with Gasteiger partial charge in [0.05, 0.1) is 0 Å². The molecule has 0 aliphatic heterocycles. The number of hydrogen-bond donors (Lipinski definition) is 2. The summed E-state index contributed by atoms with van der Waals surface area (Å²) in [7, 11) is 0. The minimum atomic E-state index is -4.77. The second kappa shape index (κ2) is 15.4. The maximum Gasteiger partial charge on any atom is 0.573 e. The smallest absolute Gasteiger partial charge is 0.406 e. The van der Waals surface area contributed by atoms with Gasteiger partial charge >= 0.3 is 6.36 Å². The largest absolute Gasteiger partial charge is 0.573 e. The SMILES string of the molecule is CCCc1cc(NC(CC(C)C)C(=O)NCCCOCC)nc(-c2cccc(-c3cccc(OC(F)(F)F)c3)c2)n1. The Morgan fingerprint density at radius 2 is 1.68 bits per heavy atom. The molecular weight excluding hydrogens is 533 g/mol. The Balaban J connectivity index is 1.88. The van der Waals surface area contributed by atoms with E-state index in [1.807, 2.05) is 31.2 Å². The standard InChI is InChI=1S/C31H39F3N4O3/c1-5-10-25-20-28(37-27(17-21(3)4)30(39)35-15-9-16-40-6-2)38-29(36-25)24-13-7-11-22(18-24)23-12-8-14-26(19-23)41-31(32,33)34/h7-8,11-14,18-21,27H,5-6,9-10,15-17H2,1-4H3,(H,35,39)(H,36,37,38). The van der Waals surface area contributed by atoms with E-state index < -0.39 is 12.4 Å². The fraction of sp³-hybridized carbons (Fsp3) is 0.452. The van der Waals surface area contributed by atoms with E-state index in [0.717, 1.165) is 25.0 Å². The van der Waals surface area contributed by atoms with Gasteiger partial charge in [0, 0.05) is 37.1 Å². The Labute approximate surface area is 239 Å². The summed E-state index contributed by atoms with van der Waals surface area (Å²) in [6, 6.07) is 14.5.